The van der Waals surface area contributed by atoms with Crippen molar-refractivity contribution in [1.29, 1.82) is 0 Å². The van der Waals surface area contributed by atoms with E-state index in [0.29, 0.717) is 4.90 Å². The number of amides is 1. The Bertz CT molecular complexity index is 502. The maximum Gasteiger partial charge on any atom is 0.471 e. The predicted molar refractivity (Wildman–Crippen MR) is 60.1 cm³/mol. The molecule has 0 spiro atoms. The van der Waals surface area contributed by atoms with Gasteiger partial charge in [-0.1, -0.05) is 12.1 Å². The van der Waals surface area contributed by atoms with Crippen molar-refractivity contribution in [3.8, 4) is 0 Å². The topological polar surface area (TPSA) is 57.6 Å². The van der Waals surface area contributed by atoms with Crippen LogP contribution in [0.5, 0.6) is 0 Å². The molecule has 110 valence electrons. The van der Waals surface area contributed by atoms with E-state index in [1.807, 2.05) is 0 Å². The lowest BCUT2D eigenvalue weighted by atomic mass is 10.2. The van der Waals surface area contributed by atoms with Crippen LogP contribution in [0.3, 0.4) is 0 Å². The molecule has 0 aliphatic carbocycles. The molecule has 1 N–H and O–H groups in total. The van der Waals surface area contributed by atoms with Gasteiger partial charge in [0.05, 0.1) is 6.42 Å². The highest BCUT2D eigenvalue weighted by atomic mass is 19.4. The summed E-state index contributed by atoms with van der Waals surface area (Å²) in [7, 11) is 0. The van der Waals surface area contributed by atoms with Crippen LogP contribution >= 0.6 is 0 Å². The van der Waals surface area contributed by atoms with Gasteiger partial charge in [-0.25, -0.2) is 4.39 Å². The second-order valence-electron chi connectivity index (χ2n) is 4.00. The molecular formula is C12H11F4NO3. The number of benzene rings is 1. The van der Waals surface area contributed by atoms with Gasteiger partial charge in [0, 0.05) is 13.1 Å². The van der Waals surface area contributed by atoms with E-state index < -0.39 is 43.4 Å². The second kappa shape index (κ2) is 6.36. The smallest absolute Gasteiger partial charge is 0.471 e. The summed E-state index contributed by atoms with van der Waals surface area (Å²) in [6.07, 6.45) is -5.73. The number of aliphatic carboxylic acids is 1. The minimum absolute atomic E-state index is 0.146. The van der Waals surface area contributed by atoms with Gasteiger partial charge in [-0.15, -0.1) is 0 Å². The Balaban J connectivity index is 2.87. The van der Waals surface area contributed by atoms with Gasteiger partial charge in [0.2, 0.25) is 0 Å². The summed E-state index contributed by atoms with van der Waals surface area (Å²) in [5.41, 5.74) is 0.146. The fraction of sp³-hybridized carbons (Fsp3) is 0.333. The number of alkyl halides is 3. The molecule has 0 unspecified atom stereocenters. The van der Waals surface area contributed by atoms with Gasteiger partial charge in [-0.05, 0) is 17.7 Å². The minimum atomic E-state index is -5.11. The lowest BCUT2D eigenvalue weighted by molar-refractivity contribution is -0.186. The molecule has 0 atom stereocenters. The molecule has 0 aliphatic heterocycles. The second-order valence-corrected chi connectivity index (χ2v) is 4.00. The lowest BCUT2D eigenvalue weighted by Crippen LogP contribution is -2.41. The van der Waals surface area contributed by atoms with Crippen molar-refractivity contribution in [1.82, 2.24) is 4.90 Å². The Hall–Kier alpha value is -2.12. The first kappa shape index (κ1) is 15.9. The molecule has 0 saturated carbocycles. The van der Waals surface area contributed by atoms with Crippen molar-refractivity contribution in [2.24, 2.45) is 0 Å². The van der Waals surface area contributed by atoms with Crippen LogP contribution in [0.2, 0.25) is 0 Å². The van der Waals surface area contributed by atoms with E-state index in [-0.39, 0.29) is 5.56 Å². The molecule has 0 bridgehead atoms. The van der Waals surface area contributed by atoms with Crippen molar-refractivity contribution >= 4 is 11.9 Å². The van der Waals surface area contributed by atoms with Gasteiger partial charge < -0.3 is 10.0 Å². The number of carboxylic acids is 1. The van der Waals surface area contributed by atoms with E-state index in [4.69, 9.17) is 5.11 Å². The zero-order valence-electron chi connectivity index (χ0n) is 10.2. The summed E-state index contributed by atoms with van der Waals surface area (Å²) in [6, 6.07) is 4.73. The first-order valence-corrected chi connectivity index (χ1v) is 5.52. The lowest BCUT2D eigenvalue weighted by Gasteiger charge is -2.23. The van der Waals surface area contributed by atoms with Crippen LogP contribution in [0.4, 0.5) is 17.6 Å². The molecule has 0 aromatic heterocycles. The SMILES string of the molecule is O=C(O)CCN(Cc1cccc(F)c1)C(=O)C(F)(F)F. The quantitative estimate of drug-likeness (QED) is 0.847. The van der Waals surface area contributed by atoms with Crippen LogP contribution in [0.1, 0.15) is 12.0 Å². The molecule has 0 saturated heterocycles. The number of halogens is 4. The highest BCUT2D eigenvalue weighted by molar-refractivity contribution is 5.82. The largest absolute Gasteiger partial charge is 0.481 e. The fourth-order valence-corrected chi connectivity index (χ4v) is 1.52. The zero-order chi connectivity index (χ0) is 15.3. The third kappa shape index (κ3) is 4.87. The molecule has 1 amide bonds. The normalized spacial score (nSPS) is 11.2. The molecule has 4 nitrogen and oxygen atoms in total. The Morgan fingerprint density at radius 1 is 1.25 bits per heavy atom. The van der Waals surface area contributed by atoms with Crippen molar-refractivity contribution in [3.05, 3.63) is 35.6 Å². The summed E-state index contributed by atoms with van der Waals surface area (Å²) in [4.78, 5) is 21.9. The third-order valence-corrected chi connectivity index (χ3v) is 2.39. The number of carbonyl (C=O) groups excluding carboxylic acids is 1. The standard InChI is InChI=1S/C12H11F4NO3/c13-9-3-1-2-8(6-9)7-17(5-4-10(18)19)11(20)12(14,15)16/h1-3,6H,4-5,7H2,(H,18,19). The summed E-state index contributed by atoms with van der Waals surface area (Å²) >= 11 is 0. The molecule has 0 fully saturated rings. The summed E-state index contributed by atoms with van der Waals surface area (Å²) in [6.45, 7) is -1.12. The Labute approximate surface area is 111 Å². The molecule has 0 aliphatic rings. The number of rotatable bonds is 5. The monoisotopic (exact) mass is 293 g/mol. The Morgan fingerprint density at radius 2 is 1.90 bits per heavy atom. The zero-order valence-corrected chi connectivity index (χ0v) is 10.2. The van der Waals surface area contributed by atoms with Crippen LogP contribution in [-0.2, 0) is 16.1 Å². The van der Waals surface area contributed by atoms with Gasteiger partial charge in [-0.2, -0.15) is 13.2 Å². The first-order chi connectivity index (χ1) is 9.20. The number of nitrogens with zero attached hydrogens (tertiary/aromatic N) is 1. The van der Waals surface area contributed by atoms with Crippen LogP contribution < -0.4 is 0 Å². The molecule has 1 aromatic rings. The number of carboxylic acid groups (broad SMARTS) is 1. The van der Waals surface area contributed by atoms with Crippen LogP contribution in [0.25, 0.3) is 0 Å². The van der Waals surface area contributed by atoms with Gasteiger partial charge in [0.1, 0.15) is 5.82 Å². The van der Waals surface area contributed by atoms with Crippen LogP contribution in [0.15, 0.2) is 24.3 Å². The van der Waals surface area contributed by atoms with Gasteiger partial charge in [0.15, 0.2) is 0 Å². The molecule has 1 aromatic carbocycles. The molecule has 0 heterocycles. The highest BCUT2D eigenvalue weighted by Crippen LogP contribution is 2.20. The summed E-state index contributed by atoms with van der Waals surface area (Å²) < 4.78 is 50.1. The van der Waals surface area contributed by atoms with Crippen LogP contribution in [0, 0.1) is 5.82 Å². The van der Waals surface area contributed by atoms with Crippen molar-refractivity contribution in [2.75, 3.05) is 6.54 Å². The van der Waals surface area contributed by atoms with Gasteiger partial charge in [-0.3, -0.25) is 9.59 Å². The van der Waals surface area contributed by atoms with Crippen molar-refractivity contribution in [2.45, 2.75) is 19.1 Å². The molecule has 0 radical (unpaired) electrons. The van der Waals surface area contributed by atoms with E-state index in [1.165, 1.54) is 12.1 Å². The molecule has 8 heteroatoms. The fourth-order valence-electron chi connectivity index (χ4n) is 1.52. The molecule has 20 heavy (non-hydrogen) atoms. The van der Waals surface area contributed by atoms with Gasteiger partial charge in [0.25, 0.3) is 0 Å². The third-order valence-electron chi connectivity index (χ3n) is 2.39. The van der Waals surface area contributed by atoms with E-state index in [2.05, 4.69) is 0 Å². The number of carbonyl (C=O) groups is 2. The molecular weight excluding hydrogens is 282 g/mol. The predicted octanol–water partition coefficient (Wildman–Crippen LogP) is 2.19. The maximum absolute atomic E-state index is 12.9. The highest BCUT2D eigenvalue weighted by Gasteiger charge is 2.42. The van der Waals surface area contributed by atoms with E-state index in [0.717, 1.165) is 12.1 Å². The maximum atomic E-state index is 12.9. The molecule has 1 rings (SSSR count). The van der Waals surface area contributed by atoms with E-state index in [9.17, 15) is 27.2 Å². The Kier molecular flexibility index (Phi) is 5.06. The van der Waals surface area contributed by atoms with Gasteiger partial charge >= 0.3 is 18.1 Å². The van der Waals surface area contributed by atoms with Crippen molar-refractivity contribution in [3.63, 3.8) is 0 Å². The summed E-state index contributed by atoms with van der Waals surface area (Å²) in [5, 5.41) is 8.48. The average molecular weight is 293 g/mol. The van der Waals surface area contributed by atoms with E-state index >= 15 is 0 Å². The Morgan fingerprint density at radius 3 is 2.40 bits per heavy atom. The minimum Gasteiger partial charge on any atom is -0.481 e. The van der Waals surface area contributed by atoms with E-state index in [1.54, 1.807) is 0 Å². The van der Waals surface area contributed by atoms with Crippen molar-refractivity contribution < 1.29 is 32.3 Å². The average Bonchev–Trinajstić information content (AvgIpc) is 2.32. The number of hydrogen-bond acceptors (Lipinski definition) is 2. The number of hydrogen-bond donors (Lipinski definition) is 1. The summed E-state index contributed by atoms with van der Waals surface area (Å²) in [5.74, 6) is -4.13. The van der Waals surface area contributed by atoms with Crippen LogP contribution in [-0.4, -0.2) is 34.6 Å². The first-order valence-electron chi connectivity index (χ1n) is 5.52.